The highest BCUT2D eigenvalue weighted by molar-refractivity contribution is 5.71. The molecule has 1 fully saturated rings. The highest BCUT2D eigenvalue weighted by Gasteiger charge is 2.16. The second-order valence-electron chi connectivity index (χ2n) is 3.99. The van der Waals surface area contributed by atoms with Gasteiger partial charge in [0, 0.05) is 6.54 Å². The minimum absolute atomic E-state index is 0.156. The van der Waals surface area contributed by atoms with Gasteiger partial charge in [-0.25, -0.2) is 0 Å². The maximum atomic E-state index is 11.0. The fourth-order valence-corrected chi connectivity index (χ4v) is 1.87. The molecule has 0 amide bonds. The van der Waals surface area contributed by atoms with Gasteiger partial charge in [0.15, 0.2) is 0 Å². The number of likely N-dealkylation sites (N-methyl/N-ethyl adjacent to an activating group) is 1. The second kappa shape index (κ2) is 5.98. The van der Waals surface area contributed by atoms with E-state index in [-0.39, 0.29) is 5.97 Å². The predicted octanol–water partition coefficient (Wildman–Crippen LogP) is 0.0908. The third kappa shape index (κ3) is 4.07. The van der Waals surface area contributed by atoms with Crippen LogP contribution in [0, 0.1) is 5.92 Å². The molecule has 0 bridgehead atoms. The SMILES string of the molecule is COC(=O)CN(C)CC1CCCNC1. The van der Waals surface area contributed by atoms with E-state index in [1.54, 1.807) is 0 Å². The molecule has 1 rings (SSSR count). The van der Waals surface area contributed by atoms with Crippen molar-refractivity contribution >= 4 is 5.97 Å². The standard InChI is InChI=1S/C10H20N2O2/c1-12(8-10(13)14-2)7-9-4-3-5-11-6-9/h9,11H,3-8H2,1-2H3. The van der Waals surface area contributed by atoms with Gasteiger partial charge in [0.25, 0.3) is 0 Å². The van der Waals surface area contributed by atoms with Gasteiger partial charge in [0.2, 0.25) is 0 Å². The van der Waals surface area contributed by atoms with Crippen molar-refractivity contribution in [1.82, 2.24) is 10.2 Å². The van der Waals surface area contributed by atoms with Gasteiger partial charge in [-0.15, -0.1) is 0 Å². The molecule has 0 aromatic heterocycles. The van der Waals surface area contributed by atoms with E-state index >= 15 is 0 Å². The number of ether oxygens (including phenoxy) is 1. The number of carbonyl (C=O) groups excluding carboxylic acids is 1. The van der Waals surface area contributed by atoms with Gasteiger partial charge in [-0.3, -0.25) is 9.69 Å². The minimum atomic E-state index is -0.156. The molecule has 4 heteroatoms. The summed E-state index contributed by atoms with van der Waals surface area (Å²) >= 11 is 0. The number of hydrogen-bond donors (Lipinski definition) is 1. The van der Waals surface area contributed by atoms with Crippen LogP contribution in [0.1, 0.15) is 12.8 Å². The Balaban J connectivity index is 2.18. The van der Waals surface area contributed by atoms with Gasteiger partial charge >= 0.3 is 5.97 Å². The molecule has 1 aliphatic rings. The largest absolute Gasteiger partial charge is 0.468 e. The molecule has 1 heterocycles. The maximum Gasteiger partial charge on any atom is 0.319 e. The van der Waals surface area contributed by atoms with Crippen LogP contribution in [0.15, 0.2) is 0 Å². The van der Waals surface area contributed by atoms with Crippen LogP contribution < -0.4 is 5.32 Å². The summed E-state index contributed by atoms with van der Waals surface area (Å²) in [6, 6.07) is 0. The van der Waals surface area contributed by atoms with Crippen molar-refractivity contribution in [2.24, 2.45) is 5.92 Å². The molecule has 82 valence electrons. The quantitative estimate of drug-likeness (QED) is 0.653. The van der Waals surface area contributed by atoms with E-state index in [1.165, 1.54) is 20.0 Å². The third-order valence-corrected chi connectivity index (χ3v) is 2.60. The summed E-state index contributed by atoms with van der Waals surface area (Å²) in [6.07, 6.45) is 2.51. The van der Waals surface area contributed by atoms with Crippen LogP contribution in [0.2, 0.25) is 0 Å². The van der Waals surface area contributed by atoms with Gasteiger partial charge in [0.1, 0.15) is 0 Å². The zero-order valence-corrected chi connectivity index (χ0v) is 9.08. The van der Waals surface area contributed by atoms with E-state index in [4.69, 9.17) is 0 Å². The molecule has 0 aliphatic carbocycles. The molecule has 0 aromatic carbocycles. The predicted molar refractivity (Wildman–Crippen MR) is 55.1 cm³/mol. The monoisotopic (exact) mass is 200 g/mol. The first-order valence-corrected chi connectivity index (χ1v) is 5.18. The van der Waals surface area contributed by atoms with E-state index in [1.807, 2.05) is 11.9 Å². The highest BCUT2D eigenvalue weighted by atomic mass is 16.5. The molecule has 1 unspecified atom stereocenters. The average Bonchev–Trinajstić information content (AvgIpc) is 2.19. The lowest BCUT2D eigenvalue weighted by molar-refractivity contribution is -0.141. The van der Waals surface area contributed by atoms with Crippen molar-refractivity contribution in [2.45, 2.75) is 12.8 Å². The second-order valence-corrected chi connectivity index (χ2v) is 3.99. The summed E-state index contributed by atoms with van der Waals surface area (Å²) < 4.78 is 4.61. The summed E-state index contributed by atoms with van der Waals surface area (Å²) in [7, 11) is 3.39. The number of rotatable bonds is 4. The van der Waals surface area contributed by atoms with Crippen molar-refractivity contribution in [3.05, 3.63) is 0 Å². The summed E-state index contributed by atoms with van der Waals surface area (Å²) in [6.45, 7) is 3.58. The van der Waals surface area contributed by atoms with Crippen molar-refractivity contribution in [3.8, 4) is 0 Å². The van der Waals surface area contributed by atoms with Crippen LogP contribution >= 0.6 is 0 Å². The first kappa shape index (κ1) is 11.5. The molecule has 0 aromatic rings. The summed E-state index contributed by atoms with van der Waals surface area (Å²) in [4.78, 5) is 13.0. The molecule has 1 saturated heterocycles. The van der Waals surface area contributed by atoms with Crippen LogP contribution in [0.25, 0.3) is 0 Å². The topological polar surface area (TPSA) is 41.6 Å². The summed E-state index contributed by atoms with van der Waals surface area (Å²) in [5, 5.41) is 3.36. The normalized spacial score (nSPS) is 22.4. The summed E-state index contributed by atoms with van der Waals surface area (Å²) in [5.41, 5.74) is 0. The van der Waals surface area contributed by atoms with Gasteiger partial charge in [-0.2, -0.15) is 0 Å². The number of nitrogens with one attached hydrogen (secondary N) is 1. The number of hydrogen-bond acceptors (Lipinski definition) is 4. The summed E-state index contributed by atoms with van der Waals surface area (Å²) in [5.74, 6) is 0.523. The van der Waals surface area contributed by atoms with Crippen molar-refractivity contribution in [2.75, 3.05) is 40.3 Å². The highest BCUT2D eigenvalue weighted by Crippen LogP contribution is 2.10. The number of carbonyl (C=O) groups is 1. The van der Waals surface area contributed by atoms with Crippen LogP contribution in [0.4, 0.5) is 0 Å². The average molecular weight is 200 g/mol. The van der Waals surface area contributed by atoms with E-state index in [0.29, 0.717) is 12.5 Å². The zero-order valence-electron chi connectivity index (χ0n) is 9.08. The Hall–Kier alpha value is -0.610. The lowest BCUT2D eigenvalue weighted by Gasteiger charge is -2.26. The van der Waals surface area contributed by atoms with Crippen molar-refractivity contribution < 1.29 is 9.53 Å². The van der Waals surface area contributed by atoms with E-state index < -0.39 is 0 Å². The van der Waals surface area contributed by atoms with Crippen molar-refractivity contribution in [3.63, 3.8) is 0 Å². The van der Waals surface area contributed by atoms with Crippen molar-refractivity contribution in [1.29, 1.82) is 0 Å². The Bertz CT molecular complexity index is 179. The number of nitrogens with zero attached hydrogens (tertiary/aromatic N) is 1. The van der Waals surface area contributed by atoms with Gasteiger partial charge in [-0.05, 0) is 38.9 Å². The first-order chi connectivity index (χ1) is 6.72. The van der Waals surface area contributed by atoms with Crippen LogP contribution in [0.3, 0.4) is 0 Å². The first-order valence-electron chi connectivity index (χ1n) is 5.18. The molecule has 14 heavy (non-hydrogen) atoms. The zero-order chi connectivity index (χ0) is 10.4. The Morgan fingerprint density at radius 3 is 3.00 bits per heavy atom. The molecule has 0 radical (unpaired) electrons. The minimum Gasteiger partial charge on any atom is -0.468 e. The molecule has 0 spiro atoms. The number of piperidine rings is 1. The van der Waals surface area contributed by atoms with Gasteiger partial charge < -0.3 is 10.1 Å². The Morgan fingerprint density at radius 2 is 2.43 bits per heavy atom. The van der Waals surface area contributed by atoms with Crippen LogP contribution in [0.5, 0.6) is 0 Å². The van der Waals surface area contributed by atoms with Gasteiger partial charge in [0.05, 0.1) is 13.7 Å². The molecule has 0 saturated carbocycles. The molecular formula is C10H20N2O2. The number of methoxy groups -OCH3 is 1. The fourth-order valence-electron chi connectivity index (χ4n) is 1.87. The lowest BCUT2D eigenvalue weighted by atomic mass is 9.99. The molecule has 1 aliphatic heterocycles. The fraction of sp³-hybridized carbons (Fsp3) is 0.900. The molecule has 1 N–H and O–H groups in total. The maximum absolute atomic E-state index is 11.0. The molecular weight excluding hydrogens is 180 g/mol. The van der Waals surface area contributed by atoms with Gasteiger partial charge in [-0.1, -0.05) is 0 Å². The smallest absolute Gasteiger partial charge is 0.319 e. The molecule has 1 atom stereocenters. The Morgan fingerprint density at radius 1 is 1.64 bits per heavy atom. The Labute approximate surface area is 85.6 Å². The van der Waals surface area contributed by atoms with E-state index in [9.17, 15) is 4.79 Å². The Kier molecular flexibility index (Phi) is 4.90. The van der Waals surface area contributed by atoms with Crippen LogP contribution in [-0.2, 0) is 9.53 Å². The lowest BCUT2D eigenvalue weighted by Crippen LogP contribution is -2.38. The van der Waals surface area contributed by atoms with Crippen LogP contribution in [-0.4, -0.2) is 51.2 Å². The molecule has 4 nitrogen and oxygen atoms in total. The number of esters is 1. The third-order valence-electron chi connectivity index (χ3n) is 2.60. The van der Waals surface area contributed by atoms with E-state index in [2.05, 4.69) is 10.1 Å². The van der Waals surface area contributed by atoms with E-state index in [0.717, 1.165) is 19.6 Å².